The van der Waals surface area contributed by atoms with Gasteiger partial charge in [0.25, 0.3) is 0 Å². The van der Waals surface area contributed by atoms with Crippen LogP contribution in [0.1, 0.15) is 51.4 Å². The highest BCUT2D eigenvalue weighted by molar-refractivity contribution is 4.73. The highest BCUT2D eigenvalue weighted by Crippen LogP contribution is 2.21. The molecule has 0 bridgehead atoms. The van der Waals surface area contributed by atoms with Gasteiger partial charge in [-0.15, -0.1) is 0 Å². The maximum Gasteiger partial charge on any atom is 0.0590 e. The molecule has 0 saturated carbocycles. The van der Waals surface area contributed by atoms with Gasteiger partial charge in [-0.25, -0.2) is 0 Å². The minimum Gasteiger partial charge on any atom is -0.378 e. The van der Waals surface area contributed by atoms with Gasteiger partial charge in [0.05, 0.1) is 12.2 Å². The molecular formula is C13H25NO2. The molecule has 0 aliphatic carbocycles. The Balaban J connectivity index is 1.51. The molecule has 2 rings (SSSR count). The zero-order valence-corrected chi connectivity index (χ0v) is 10.2. The monoisotopic (exact) mass is 227 g/mol. The maximum absolute atomic E-state index is 6.12. The summed E-state index contributed by atoms with van der Waals surface area (Å²) < 4.78 is 11.2. The average molecular weight is 227 g/mol. The van der Waals surface area contributed by atoms with Gasteiger partial charge in [0.2, 0.25) is 0 Å². The van der Waals surface area contributed by atoms with E-state index in [-0.39, 0.29) is 0 Å². The van der Waals surface area contributed by atoms with Crippen LogP contribution in [0.25, 0.3) is 0 Å². The van der Waals surface area contributed by atoms with E-state index in [1.807, 2.05) is 0 Å². The summed E-state index contributed by atoms with van der Waals surface area (Å²) in [5.74, 6) is 0. The van der Waals surface area contributed by atoms with Crippen molar-refractivity contribution in [2.75, 3.05) is 13.2 Å². The second-order valence-corrected chi connectivity index (χ2v) is 5.20. The SMILES string of the molecule is NC(CCCC1CCCO1)CC1CCCO1. The molecule has 2 aliphatic rings. The highest BCUT2D eigenvalue weighted by Gasteiger charge is 2.19. The van der Waals surface area contributed by atoms with Crippen LogP contribution in [0.2, 0.25) is 0 Å². The van der Waals surface area contributed by atoms with Crippen molar-refractivity contribution in [1.29, 1.82) is 0 Å². The number of ether oxygens (including phenoxy) is 2. The molecule has 2 aliphatic heterocycles. The van der Waals surface area contributed by atoms with Gasteiger partial charge in [-0.1, -0.05) is 0 Å². The Kier molecular flexibility index (Phi) is 5.07. The van der Waals surface area contributed by atoms with Crippen LogP contribution in [-0.2, 0) is 9.47 Å². The van der Waals surface area contributed by atoms with E-state index in [1.54, 1.807) is 0 Å². The van der Waals surface area contributed by atoms with Crippen molar-refractivity contribution in [3.05, 3.63) is 0 Å². The number of hydrogen-bond donors (Lipinski definition) is 1. The summed E-state index contributed by atoms with van der Waals surface area (Å²) in [7, 11) is 0. The molecule has 3 atom stereocenters. The lowest BCUT2D eigenvalue weighted by Crippen LogP contribution is -2.26. The van der Waals surface area contributed by atoms with Gasteiger partial charge in [-0.3, -0.25) is 0 Å². The third-order valence-electron chi connectivity index (χ3n) is 3.71. The highest BCUT2D eigenvalue weighted by atomic mass is 16.5. The van der Waals surface area contributed by atoms with E-state index in [1.165, 1.54) is 38.5 Å². The predicted molar refractivity (Wildman–Crippen MR) is 64.4 cm³/mol. The minimum atomic E-state index is 0.324. The fourth-order valence-electron chi connectivity index (χ4n) is 2.77. The van der Waals surface area contributed by atoms with Crippen LogP contribution in [0.5, 0.6) is 0 Å². The molecule has 0 aromatic carbocycles. The summed E-state index contributed by atoms with van der Waals surface area (Å²) in [5.41, 5.74) is 6.12. The Hall–Kier alpha value is -0.120. The van der Waals surface area contributed by atoms with Crippen molar-refractivity contribution in [3.63, 3.8) is 0 Å². The molecule has 2 N–H and O–H groups in total. The van der Waals surface area contributed by atoms with Gasteiger partial charge >= 0.3 is 0 Å². The van der Waals surface area contributed by atoms with E-state index in [4.69, 9.17) is 15.2 Å². The first kappa shape index (κ1) is 12.3. The first-order chi connectivity index (χ1) is 7.84. The standard InChI is InChI=1S/C13H25NO2/c14-11(10-13-7-3-9-16-13)4-1-5-12-6-2-8-15-12/h11-13H,1-10,14H2. The largest absolute Gasteiger partial charge is 0.378 e. The van der Waals surface area contributed by atoms with Crippen LogP contribution < -0.4 is 5.73 Å². The summed E-state index contributed by atoms with van der Waals surface area (Å²) >= 11 is 0. The van der Waals surface area contributed by atoms with Gasteiger partial charge in [-0.05, 0) is 51.4 Å². The summed E-state index contributed by atoms with van der Waals surface area (Å²) in [6.07, 6.45) is 10.5. The third-order valence-corrected chi connectivity index (χ3v) is 3.71. The molecule has 0 amide bonds. The van der Waals surface area contributed by atoms with Crippen LogP contribution in [0, 0.1) is 0 Å². The summed E-state index contributed by atoms with van der Waals surface area (Å²) in [5, 5.41) is 0. The Labute approximate surface area is 98.7 Å². The zero-order chi connectivity index (χ0) is 11.2. The maximum atomic E-state index is 6.12. The number of rotatable bonds is 6. The third kappa shape index (κ3) is 4.04. The van der Waals surface area contributed by atoms with Crippen molar-refractivity contribution in [1.82, 2.24) is 0 Å². The molecular weight excluding hydrogens is 202 g/mol. The molecule has 94 valence electrons. The Bertz CT molecular complexity index is 186. The van der Waals surface area contributed by atoms with E-state index in [0.717, 1.165) is 26.1 Å². The first-order valence-corrected chi connectivity index (χ1v) is 6.83. The van der Waals surface area contributed by atoms with Crippen LogP contribution in [-0.4, -0.2) is 31.5 Å². The molecule has 0 aromatic heterocycles. The van der Waals surface area contributed by atoms with Gasteiger partial charge in [-0.2, -0.15) is 0 Å². The van der Waals surface area contributed by atoms with Crippen LogP contribution in [0.15, 0.2) is 0 Å². The summed E-state index contributed by atoms with van der Waals surface area (Å²) in [4.78, 5) is 0. The quantitative estimate of drug-likeness (QED) is 0.757. The van der Waals surface area contributed by atoms with Gasteiger partial charge in [0, 0.05) is 19.3 Å². The van der Waals surface area contributed by atoms with Gasteiger partial charge in [0.1, 0.15) is 0 Å². The van der Waals surface area contributed by atoms with Gasteiger partial charge in [0.15, 0.2) is 0 Å². The normalized spacial score (nSPS) is 32.1. The van der Waals surface area contributed by atoms with Crippen molar-refractivity contribution in [2.45, 2.75) is 69.6 Å². The van der Waals surface area contributed by atoms with Crippen molar-refractivity contribution < 1.29 is 9.47 Å². The molecule has 16 heavy (non-hydrogen) atoms. The first-order valence-electron chi connectivity index (χ1n) is 6.83. The molecule has 0 spiro atoms. The summed E-state index contributed by atoms with van der Waals surface area (Å²) in [6.45, 7) is 1.90. The smallest absolute Gasteiger partial charge is 0.0590 e. The van der Waals surface area contributed by atoms with E-state index in [2.05, 4.69) is 0 Å². The lowest BCUT2D eigenvalue weighted by molar-refractivity contribution is 0.0922. The topological polar surface area (TPSA) is 44.5 Å². The fraction of sp³-hybridized carbons (Fsp3) is 1.00. The molecule has 3 nitrogen and oxygen atoms in total. The summed E-state index contributed by atoms with van der Waals surface area (Å²) in [6, 6.07) is 0.324. The fourth-order valence-corrected chi connectivity index (χ4v) is 2.77. The van der Waals surface area contributed by atoms with E-state index >= 15 is 0 Å². The van der Waals surface area contributed by atoms with E-state index in [9.17, 15) is 0 Å². The van der Waals surface area contributed by atoms with Gasteiger partial charge < -0.3 is 15.2 Å². The Morgan fingerprint density at radius 2 is 1.75 bits per heavy atom. The van der Waals surface area contributed by atoms with E-state index in [0.29, 0.717) is 18.2 Å². The van der Waals surface area contributed by atoms with E-state index < -0.39 is 0 Å². The molecule has 3 unspecified atom stereocenters. The minimum absolute atomic E-state index is 0.324. The van der Waals surface area contributed by atoms with Crippen molar-refractivity contribution in [2.24, 2.45) is 5.73 Å². The molecule has 2 heterocycles. The van der Waals surface area contributed by atoms with Crippen LogP contribution in [0.4, 0.5) is 0 Å². The lowest BCUT2D eigenvalue weighted by atomic mass is 10.0. The average Bonchev–Trinajstić information content (AvgIpc) is 2.90. The molecule has 3 heteroatoms. The molecule has 0 aromatic rings. The zero-order valence-electron chi connectivity index (χ0n) is 10.2. The second-order valence-electron chi connectivity index (χ2n) is 5.20. The lowest BCUT2D eigenvalue weighted by Gasteiger charge is -2.17. The Morgan fingerprint density at radius 3 is 2.38 bits per heavy atom. The van der Waals surface area contributed by atoms with Crippen LogP contribution >= 0.6 is 0 Å². The van der Waals surface area contributed by atoms with Crippen molar-refractivity contribution >= 4 is 0 Å². The predicted octanol–water partition coefficient (Wildman–Crippen LogP) is 2.23. The van der Waals surface area contributed by atoms with Crippen molar-refractivity contribution in [3.8, 4) is 0 Å². The molecule has 0 radical (unpaired) electrons. The molecule has 2 saturated heterocycles. The Morgan fingerprint density at radius 1 is 1.06 bits per heavy atom. The second kappa shape index (κ2) is 6.58. The number of hydrogen-bond acceptors (Lipinski definition) is 3. The molecule has 2 fully saturated rings. The number of nitrogens with two attached hydrogens (primary N) is 1. The van der Waals surface area contributed by atoms with Crippen LogP contribution in [0.3, 0.4) is 0 Å².